The summed E-state index contributed by atoms with van der Waals surface area (Å²) >= 11 is 0. The number of aromatic nitrogens is 3. The number of nitrogens with one attached hydrogen (secondary N) is 1. The molecule has 0 radical (unpaired) electrons. The number of rotatable bonds is 5. The fraction of sp³-hybridized carbons (Fsp3) is 0.471. The van der Waals surface area contributed by atoms with Crippen LogP contribution in [-0.4, -0.2) is 51.2 Å². The van der Waals surface area contributed by atoms with Gasteiger partial charge < -0.3 is 10.2 Å². The second-order valence-electron chi connectivity index (χ2n) is 5.87. The first kappa shape index (κ1) is 15.7. The van der Waals surface area contributed by atoms with Crippen LogP contribution in [0.2, 0.25) is 0 Å². The maximum absolute atomic E-state index is 13.0. The van der Waals surface area contributed by atoms with Crippen LogP contribution in [-0.2, 0) is 0 Å². The van der Waals surface area contributed by atoms with E-state index < -0.39 is 0 Å². The summed E-state index contributed by atoms with van der Waals surface area (Å²) in [6.45, 7) is 4.89. The van der Waals surface area contributed by atoms with Crippen LogP contribution < -0.4 is 5.32 Å². The van der Waals surface area contributed by atoms with Gasteiger partial charge in [0.1, 0.15) is 12.7 Å². The molecule has 2 heterocycles. The molecule has 1 aromatic carbocycles. The zero-order valence-electron chi connectivity index (χ0n) is 13.5. The first-order valence-corrected chi connectivity index (χ1v) is 8.26. The van der Waals surface area contributed by atoms with E-state index in [1.165, 1.54) is 6.33 Å². The molecule has 1 aliphatic rings. The number of hydrogen-bond acceptors (Lipinski definition) is 4. The third-order valence-electron chi connectivity index (χ3n) is 4.25. The van der Waals surface area contributed by atoms with Gasteiger partial charge in [0.05, 0.1) is 5.69 Å². The van der Waals surface area contributed by atoms with E-state index in [0.717, 1.165) is 44.6 Å². The summed E-state index contributed by atoms with van der Waals surface area (Å²) in [5.74, 6) is 0.112. The Balaban J connectivity index is 1.83. The van der Waals surface area contributed by atoms with Gasteiger partial charge >= 0.3 is 0 Å². The summed E-state index contributed by atoms with van der Waals surface area (Å²) in [6.07, 6.45) is 6.15. The molecule has 2 aromatic rings. The molecule has 1 N–H and O–H groups in total. The van der Waals surface area contributed by atoms with Crippen LogP contribution in [0.15, 0.2) is 36.9 Å². The Kier molecular flexibility index (Phi) is 5.02. The molecule has 0 spiro atoms. The van der Waals surface area contributed by atoms with Crippen LogP contribution >= 0.6 is 0 Å². The Labute approximate surface area is 136 Å². The molecule has 0 bridgehead atoms. The average Bonchev–Trinajstić information content (AvgIpc) is 3.15. The van der Waals surface area contributed by atoms with E-state index in [4.69, 9.17) is 0 Å². The second-order valence-corrected chi connectivity index (χ2v) is 5.87. The summed E-state index contributed by atoms with van der Waals surface area (Å²) in [7, 11) is 0. The number of benzene rings is 1. The minimum Gasteiger partial charge on any atom is -0.336 e. The predicted octanol–water partition coefficient (Wildman–Crippen LogP) is 1.87. The standard InChI is InChI=1S/C17H23N5O/c1-2-10-21(15-6-8-18-9-7-15)17(23)14-4-3-5-16(11-14)22-13-19-12-20-22/h3-5,11-13,15,18H,2,6-10H2,1H3. The Bertz CT molecular complexity index is 634. The van der Waals surface area contributed by atoms with Gasteiger partial charge in [-0.3, -0.25) is 4.79 Å². The smallest absolute Gasteiger partial charge is 0.254 e. The first-order valence-electron chi connectivity index (χ1n) is 8.26. The second kappa shape index (κ2) is 7.37. The number of piperidine rings is 1. The summed E-state index contributed by atoms with van der Waals surface area (Å²) in [6, 6.07) is 7.93. The zero-order chi connectivity index (χ0) is 16.1. The predicted molar refractivity (Wildman–Crippen MR) is 88.6 cm³/mol. The highest BCUT2D eigenvalue weighted by Gasteiger charge is 2.25. The van der Waals surface area contributed by atoms with Crippen molar-refractivity contribution in [2.45, 2.75) is 32.2 Å². The largest absolute Gasteiger partial charge is 0.336 e. The molecule has 0 saturated carbocycles. The minimum absolute atomic E-state index is 0.112. The molecule has 1 fully saturated rings. The Morgan fingerprint density at radius 2 is 2.22 bits per heavy atom. The monoisotopic (exact) mass is 313 g/mol. The normalized spacial score (nSPS) is 15.5. The molecule has 0 atom stereocenters. The van der Waals surface area contributed by atoms with Crippen LogP contribution in [0.3, 0.4) is 0 Å². The fourth-order valence-corrected chi connectivity index (χ4v) is 3.10. The van der Waals surface area contributed by atoms with E-state index >= 15 is 0 Å². The molecular weight excluding hydrogens is 290 g/mol. The molecule has 3 rings (SSSR count). The van der Waals surface area contributed by atoms with E-state index in [-0.39, 0.29) is 5.91 Å². The molecule has 0 aliphatic carbocycles. The quantitative estimate of drug-likeness (QED) is 0.915. The summed E-state index contributed by atoms with van der Waals surface area (Å²) in [5.41, 5.74) is 1.57. The number of hydrogen-bond donors (Lipinski definition) is 1. The molecule has 1 saturated heterocycles. The third kappa shape index (κ3) is 3.59. The zero-order valence-corrected chi connectivity index (χ0v) is 13.5. The van der Waals surface area contributed by atoms with E-state index in [9.17, 15) is 4.79 Å². The van der Waals surface area contributed by atoms with Gasteiger partial charge in [-0.2, -0.15) is 5.10 Å². The summed E-state index contributed by atoms with van der Waals surface area (Å²) in [4.78, 5) is 19.0. The van der Waals surface area contributed by atoms with Gasteiger partial charge in [0.15, 0.2) is 0 Å². The maximum Gasteiger partial charge on any atom is 0.254 e. The highest BCUT2D eigenvalue weighted by atomic mass is 16.2. The number of carbonyl (C=O) groups excluding carboxylic acids is 1. The highest BCUT2D eigenvalue weighted by molar-refractivity contribution is 5.95. The molecule has 1 aliphatic heterocycles. The highest BCUT2D eigenvalue weighted by Crippen LogP contribution is 2.18. The van der Waals surface area contributed by atoms with E-state index in [1.54, 1.807) is 11.0 Å². The Hall–Kier alpha value is -2.21. The maximum atomic E-state index is 13.0. The topological polar surface area (TPSA) is 63.1 Å². The SMILES string of the molecule is CCCN(C(=O)c1cccc(-n2cncn2)c1)C1CCNCC1. The van der Waals surface area contributed by atoms with Crippen molar-refractivity contribution in [3.63, 3.8) is 0 Å². The lowest BCUT2D eigenvalue weighted by atomic mass is 10.0. The lowest BCUT2D eigenvalue weighted by molar-refractivity contribution is 0.0642. The molecule has 1 aromatic heterocycles. The van der Waals surface area contributed by atoms with Crippen LogP contribution in [0.1, 0.15) is 36.5 Å². The van der Waals surface area contributed by atoms with Gasteiger partial charge in [0.25, 0.3) is 5.91 Å². The van der Waals surface area contributed by atoms with Gasteiger partial charge in [-0.15, -0.1) is 0 Å². The third-order valence-corrected chi connectivity index (χ3v) is 4.25. The average molecular weight is 313 g/mol. The van der Waals surface area contributed by atoms with Gasteiger partial charge in [-0.05, 0) is 50.6 Å². The van der Waals surface area contributed by atoms with Crippen molar-refractivity contribution in [3.8, 4) is 5.69 Å². The van der Waals surface area contributed by atoms with Crippen LogP contribution in [0.5, 0.6) is 0 Å². The van der Waals surface area contributed by atoms with E-state index in [0.29, 0.717) is 11.6 Å². The van der Waals surface area contributed by atoms with Crippen LogP contribution in [0.25, 0.3) is 5.69 Å². The lowest BCUT2D eigenvalue weighted by Gasteiger charge is -2.34. The van der Waals surface area contributed by atoms with Gasteiger partial charge in [-0.1, -0.05) is 13.0 Å². The van der Waals surface area contributed by atoms with Gasteiger partial charge in [0.2, 0.25) is 0 Å². The molecule has 23 heavy (non-hydrogen) atoms. The molecular formula is C17H23N5O. The molecule has 122 valence electrons. The molecule has 1 amide bonds. The van der Waals surface area contributed by atoms with Crippen molar-refractivity contribution in [3.05, 3.63) is 42.5 Å². The van der Waals surface area contributed by atoms with Crippen LogP contribution in [0.4, 0.5) is 0 Å². The Morgan fingerprint density at radius 3 is 2.91 bits per heavy atom. The number of carbonyl (C=O) groups is 1. The van der Waals surface area contributed by atoms with E-state index in [1.807, 2.05) is 29.2 Å². The fourth-order valence-electron chi connectivity index (χ4n) is 3.10. The summed E-state index contributed by atoms with van der Waals surface area (Å²) in [5, 5.41) is 7.49. The van der Waals surface area contributed by atoms with Gasteiger partial charge in [-0.25, -0.2) is 9.67 Å². The Morgan fingerprint density at radius 1 is 1.39 bits per heavy atom. The molecule has 6 nitrogen and oxygen atoms in total. The number of nitrogens with zero attached hydrogens (tertiary/aromatic N) is 4. The first-order chi connectivity index (χ1) is 11.3. The van der Waals surface area contributed by atoms with Crippen molar-refractivity contribution in [1.29, 1.82) is 0 Å². The van der Waals surface area contributed by atoms with E-state index in [2.05, 4.69) is 22.3 Å². The van der Waals surface area contributed by atoms with Crippen molar-refractivity contribution in [2.24, 2.45) is 0 Å². The van der Waals surface area contributed by atoms with Crippen molar-refractivity contribution in [1.82, 2.24) is 25.0 Å². The summed E-state index contributed by atoms with van der Waals surface area (Å²) < 4.78 is 1.67. The lowest BCUT2D eigenvalue weighted by Crippen LogP contribution is -2.46. The molecule has 0 unspecified atom stereocenters. The van der Waals surface area contributed by atoms with Gasteiger partial charge in [0, 0.05) is 18.2 Å². The van der Waals surface area contributed by atoms with Crippen molar-refractivity contribution < 1.29 is 4.79 Å². The number of amides is 1. The minimum atomic E-state index is 0.112. The van der Waals surface area contributed by atoms with Crippen LogP contribution in [0, 0.1) is 0 Å². The van der Waals surface area contributed by atoms with Crippen molar-refractivity contribution >= 4 is 5.91 Å². The molecule has 6 heteroatoms. The van der Waals surface area contributed by atoms with Crippen molar-refractivity contribution in [2.75, 3.05) is 19.6 Å².